The van der Waals surface area contributed by atoms with Crippen LogP contribution in [0.15, 0.2) is 30.5 Å². The van der Waals surface area contributed by atoms with Crippen LogP contribution in [0.5, 0.6) is 11.6 Å². The average Bonchev–Trinajstić information content (AvgIpc) is 2.97. The molecule has 0 unspecified atom stereocenters. The van der Waals surface area contributed by atoms with Crippen molar-refractivity contribution in [3.05, 3.63) is 46.6 Å². The van der Waals surface area contributed by atoms with Crippen molar-refractivity contribution in [2.24, 2.45) is 0 Å². The molecule has 2 heterocycles. The van der Waals surface area contributed by atoms with Crippen molar-refractivity contribution < 1.29 is 18.9 Å². The summed E-state index contributed by atoms with van der Waals surface area (Å²) in [6.07, 6.45) is 1.67. The molecule has 3 rings (SSSR count). The number of carbonyl (C=O) groups excluding carboxylic acids is 1. The molecule has 0 atom stereocenters. The number of pyridine rings is 1. The van der Waals surface area contributed by atoms with Gasteiger partial charge in [-0.05, 0) is 34.8 Å². The summed E-state index contributed by atoms with van der Waals surface area (Å²) in [5.74, 6) is 0.610. The maximum atomic E-state index is 11.2. The highest BCUT2D eigenvalue weighted by molar-refractivity contribution is 6.48. The Kier molecular flexibility index (Phi) is 4.31. The van der Waals surface area contributed by atoms with E-state index in [2.05, 4.69) is 9.72 Å². The molecule has 7 heteroatoms. The number of esters is 1. The van der Waals surface area contributed by atoms with Gasteiger partial charge in [-0.3, -0.25) is 4.79 Å². The van der Waals surface area contributed by atoms with Gasteiger partial charge < -0.3 is 14.1 Å². The second kappa shape index (κ2) is 6.38. The van der Waals surface area contributed by atoms with Gasteiger partial charge in [0, 0.05) is 6.20 Å². The fourth-order valence-electron chi connectivity index (χ4n) is 2.20. The normalized spacial score (nSPS) is 12.5. The summed E-state index contributed by atoms with van der Waals surface area (Å²) in [5.41, 5.74) is 2.95. The van der Waals surface area contributed by atoms with Crippen molar-refractivity contribution >= 4 is 30.5 Å². The molecule has 5 nitrogen and oxygen atoms in total. The molecule has 0 fully saturated rings. The number of halogens is 1. The third-order valence-electron chi connectivity index (χ3n) is 3.35. The topological polar surface area (TPSA) is 57.7 Å². The van der Waals surface area contributed by atoms with Gasteiger partial charge in [0.25, 0.3) is 0 Å². The lowest BCUT2D eigenvalue weighted by atomic mass is 9.87. The zero-order chi connectivity index (χ0) is 15.5. The maximum absolute atomic E-state index is 11.2. The Morgan fingerprint density at radius 2 is 2.32 bits per heavy atom. The van der Waals surface area contributed by atoms with Crippen LogP contribution < -0.4 is 10.2 Å². The van der Waals surface area contributed by atoms with E-state index in [1.165, 1.54) is 12.6 Å². The van der Waals surface area contributed by atoms with Gasteiger partial charge in [-0.25, -0.2) is 4.98 Å². The summed E-state index contributed by atoms with van der Waals surface area (Å²) in [6, 6.07) is 7.39. The van der Waals surface area contributed by atoms with E-state index in [1.54, 1.807) is 12.3 Å². The molecule has 0 radical (unpaired) electrons. The summed E-state index contributed by atoms with van der Waals surface area (Å²) in [4.78, 5) is 15.4. The zero-order valence-electron chi connectivity index (χ0n) is 12.0. The largest absolute Gasteiger partial charge is 0.469 e. The van der Waals surface area contributed by atoms with Crippen molar-refractivity contribution in [1.82, 2.24) is 4.98 Å². The fraction of sp³-hybridized carbons (Fsp3) is 0.200. The van der Waals surface area contributed by atoms with Gasteiger partial charge in [0.15, 0.2) is 0 Å². The molecule has 0 amide bonds. The Morgan fingerprint density at radius 3 is 3.09 bits per heavy atom. The lowest BCUT2D eigenvalue weighted by Crippen LogP contribution is -2.10. The molecule has 2 aromatic rings. The first-order chi connectivity index (χ1) is 10.7. The number of ether oxygens (including phenoxy) is 2. The first-order valence-corrected chi connectivity index (χ1v) is 7.12. The number of rotatable bonds is 4. The van der Waals surface area contributed by atoms with Crippen LogP contribution >= 0.6 is 11.6 Å². The lowest BCUT2D eigenvalue weighted by molar-refractivity contribution is -0.139. The van der Waals surface area contributed by atoms with E-state index in [1.807, 2.05) is 18.2 Å². The molecular formula is C15H13BClNO4. The number of aromatic nitrogens is 1. The van der Waals surface area contributed by atoms with Crippen LogP contribution in [0.2, 0.25) is 5.02 Å². The van der Waals surface area contributed by atoms with Crippen molar-refractivity contribution in [1.29, 1.82) is 0 Å². The summed E-state index contributed by atoms with van der Waals surface area (Å²) in [5, 5.41) is 0.346. The van der Waals surface area contributed by atoms with Gasteiger partial charge in [-0.1, -0.05) is 17.7 Å². The van der Waals surface area contributed by atoms with Crippen molar-refractivity contribution in [2.45, 2.75) is 13.0 Å². The standard InChI is InChI=1S/C15H13BClNO4/c1-20-14(19)5-9-4-13(17)15(18-7-9)22-11-2-3-12-10(6-11)8-21-16-12/h2-4,6-7,16H,5,8H2,1H3. The smallest absolute Gasteiger partial charge is 0.310 e. The third-order valence-corrected chi connectivity index (χ3v) is 3.62. The summed E-state index contributed by atoms with van der Waals surface area (Å²) >= 11 is 6.16. The number of carbonyl (C=O) groups is 1. The quantitative estimate of drug-likeness (QED) is 0.635. The molecule has 0 N–H and O–H groups in total. The van der Waals surface area contributed by atoms with Crippen molar-refractivity contribution in [3.8, 4) is 11.6 Å². The molecule has 1 aromatic carbocycles. The first kappa shape index (κ1) is 14.9. The minimum absolute atomic E-state index is 0.125. The SMILES string of the molecule is COC(=O)Cc1cnc(Oc2ccc3c(c2)COB3)c(Cl)c1. The first-order valence-electron chi connectivity index (χ1n) is 6.74. The molecule has 0 bridgehead atoms. The van der Waals surface area contributed by atoms with Crippen LogP contribution in [0.1, 0.15) is 11.1 Å². The van der Waals surface area contributed by atoms with Crippen molar-refractivity contribution in [3.63, 3.8) is 0 Å². The van der Waals surface area contributed by atoms with Gasteiger partial charge in [-0.15, -0.1) is 0 Å². The van der Waals surface area contributed by atoms with E-state index in [0.717, 1.165) is 5.56 Å². The molecule has 0 aliphatic carbocycles. The predicted octanol–water partition coefficient (Wildman–Crippen LogP) is 1.75. The van der Waals surface area contributed by atoms with Crippen LogP contribution in [0.25, 0.3) is 0 Å². The number of fused-ring (bicyclic) bond motifs is 1. The average molecular weight is 318 g/mol. The Labute approximate surface area is 133 Å². The molecule has 0 spiro atoms. The molecule has 0 saturated carbocycles. The number of hydrogen-bond acceptors (Lipinski definition) is 5. The Morgan fingerprint density at radius 1 is 1.45 bits per heavy atom. The maximum Gasteiger partial charge on any atom is 0.310 e. The number of benzene rings is 1. The van der Waals surface area contributed by atoms with E-state index in [4.69, 9.17) is 21.0 Å². The van der Waals surface area contributed by atoms with E-state index in [-0.39, 0.29) is 12.4 Å². The van der Waals surface area contributed by atoms with Gasteiger partial charge >= 0.3 is 13.5 Å². The summed E-state index contributed by atoms with van der Waals surface area (Å²) < 4.78 is 15.7. The summed E-state index contributed by atoms with van der Waals surface area (Å²) in [7, 11) is 1.98. The number of methoxy groups -OCH3 is 1. The molecule has 1 aliphatic rings. The van der Waals surface area contributed by atoms with Gasteiger partial charge in [-0.2, -0.15) is 0 Å². The van der Waals surface area contributed by atoms with Gasteiger partial charge in [0.1, 0.15) is 10.8 Å². The lowest BCUT2D eigenvalue weighted by Gasteiger charge is -2.09. The number of hydrogen-bond donors (Lipinski definition) is 0. The molecular weight excluding hydrogens is 304 g/mol. The fourth-order valence-corrected chi connectivity index (χ4v) is 2.43. The second-order valence-electron chi connectivity index (χ2n) is 4.91. The Balaban J connectivity index is 1.76. The van der Waals surface area contributed by atoms with Gasteiger partial charge in [0.2, 0.25) is 5.88 Å². The van der Waals surface area contributed by atoms with Gasteiger partial charge in [0.05, 0.1) is 20.1 Å². The summed E-state index contributed by atoms with van der Waals surface area (Å²) in [6.45, 7) is 0.589. The highest BCUT2D eigenvalue weighted by Gasteiger charge is 2.15. The van der Waals surface area contributed by atoms with Crippen LogP contribution in [0.4, 0.5) is 0 Å². The second-order valence-corrected chi connectivity index (χ2v) is 5.32. The molecule has 1 aliphatic heterocycles. The molecule has 22 heavy (non-hydrogen) atoms. The van der Waals surface area contributed by atoms with Crippen LogP contribution in [0, 0.1) is 0 Å². The minimum Gasteiger partial charge on any atom is -0.469 e. The van der Waals surface area contributed by atoms with Crippen LogP contribution in [-0.4, -0.2) is 25.5 Å². The van der Waals surface area contributed by atoms with E-state index in [9.17, 15) is 4.79 Å². The van der Waals surface area contributed by atoms with Crippen LogP contribution in [0.3, 0.4) is 0 Å². The molecule has 0 saturated heterocycles. The molecule has 1 aromatic heterocycles. The predicted molar refractivity (Wildman–Crippen MR) is 83.1 cm³/mol. The van der Waals surface area contributed by atoms with E-state index >= 15 is 0 Å². The Bertz CT molecular complexity index is 723. The minimum atomic E-state index is -0.342. The monoisotopic (exact) mass is 317 g/mol. The van der Waals surface area contributed by atoms with Crippen molar-refractivity contribution in [2.75, 3.05) is 7.11 Å². The van der Waals surface area contributed by atoms with Crippen LogP contribution in [-0.2, 0) is 27.2 Å². The Hall–Kier alpha value is -2.05. The zero-order valence-corrected chi connectivity index (χ0v) is 12.7. The highest BCUT2D eigenvalue weighted by Crippen LogP contribution is 2.28. The van der Waals surface area contributed by atoms with E-state index in [0.29, 0.717) is 36.3 Å². The third kappa shape index (κ3) is 3.23. The molecule has 112 valence electrons. The number of nitrogens with zero attached hydrogens (tertiary/aromatic N) is 1. The van der Waals surface area contributed by atoms with E-state index < -0.39 is 0 Å². The highest BCUT2D eigenvalue weighted by atomic mass is 35.5.